The van der Waals surface area contributed by atoms with E-state index in [0.29, 0.717) is 11.9 Å². The van der Waals surface area contributed by atoms with Crippen LogP contribution in [0.1, 0.15) is 18.4 Å². The van der Waals surface area contributed by atoms with E-state index in [0.717, 1.165) is 31.6 Å². The molecule has 0 amide bonds. The number of hydrogen-bond donors (Lipinski definition) is 3. The van der Waals surface area contributed by atoms with Gasteiger partial charge in [-0.1, -0.05) is 24.3 Å². The molecule has 1 aliphatic heterocycles. The first-order valence-electron chi connectivity index (χ1n) is 9.69. The number of para-hydroxylation sites is 2. The van der Waals surface area contributed by atoms with Gasteiger partial charge in [0.1, 0.15) is 0 Å². The molecule has 11 nitrogen and oxygen atoms in total. The Morgan fingerprint density at radius 3 is 2.52 bits per heavy atom. The average molecular weight is 420 g/mol. The van der Waals surface area contributed by atoms with Crippen molar-refractivity contribution in [1.29, 1.82) is 0 Å². The molecule has 11 heteroatoms. The Morgan fingerprint density at radius 1 is 1.03 bits per heavy atom. The lowest BCUT2D eigenvalue weighted by Crippen LogP contribution is -2.21. The Hall–Kier alpha value is -4.28. The van der Waals surface area contributed by atoms with Gasteiger partial charge in [-0.3, -0.25) is 10.1 Å². The largest absolute Gasteiger partial charge is 0.502 e. The second-order valence-electron chi connectivity index (χ2n) is 6.81. The van der Waals surface area contributed by atoms with Gasteiger partial charge in [0.15, 0.2) is 0 Å². The van der Waals surface area contributed by atoms with Gasteiger partial charge in [-0.25, -0.2) is 5.43 Å². The van der Waals surface area contributed by atoms with Crippen molar-refractivity contribution in [2.24, 2.45) is 5.10 Å². The van der Waals surface area contributed by atoms with Crippen LogP contribution in [0.2, 0.25) is 0 Å². The third-order valence-electron chi connectivity index (χ3n) is 4.65. The molecule has 0 spiro atoms. The maximum atomic E-state index is 11.0. The Morgan fingerprint density at radius 2 is 1.77 bits per heavy atom. The highest BCUT2D eigenvalue weighted by atomic mass is 16.6. The topological polar surface area (TPSA) is 142 Å². The lowest BCUT2D eigenvalue weighted by Gasteiger charge is -2.16. The predicted molar refractivity (Wildman–Crippen MR) is 117 cm³/mol. The first-order chi connectivity index (χ1) is 15.1. The monoisotopic (exact) mass is 420 g/mol. The zero-order valence-electron chi connectivity index (χ0n) is 16.5. The van der Waals surface area contributed by atoms with Gasteiger partial charge >= 0.3 is 5.69 Å². The number of hydrazone groups is 1. The summed E-state index contributed by atoms with van der Waals surface area (Å²) >= 11 is 0. The number of nitrogens with zero attached hydrogens (tertiary/aromatic N) is 6. The average Bonchev–Trinajstić information content (AvgIpc) is 3.30. The number of rotatable bonds is 7. The summed E-state index contributed by atoms with van der Waals surface area (Å²) in [7, 11) is 0. The number of anilines is 4. The molecule has 1 aliphatic rings. The maximum Gasteiger partial charge on any atom is 0.311 e. The van der Waals surface area contributed by atoms with Crippen LogP contribution in [0.4, 0.5) is 29.2 Å². The molecule has 0 radical (unpaired) electrons. The van der Waals surface area contributed by atoms with Crippen molar-refractivity contribution in [3.05, 3.63) is 64.2 Å². The highest BCUT2D eigenvalue weighted by Gasteiger charge is 2.18. The van der Waals surface area contributed by atoms with E-state index in [1.807, 2.05) is 30.3 Å². The Labute approximate surface area is 177 Å². The SMILES string of the molecule is O=[N+]([O-])c1cccc(/C=N\Nc2nc(Nc3ccccc3)nc(N3CCCC3)n2)c1O. The number of nitro groups is 1. The van der Waals surface area contributed by atoms with Crippen molar-refractivity contribution < 1.29 is 10.0 Å². The summed E-state index contributed by atoms with van der Waals surface area (Å²) in [6.45, 7) is 1.72. The van der Waals surface area contributed by atoms with Crippen LogP contribution in [0.5, 0.6) is 5.75 Å². The number of aromatic nitrogens is 3. The van der Waals surface area contributed by atoms with Crippen LogP contribution in [0.15, 0.2) is 53.6 Å². The molecule has 0 aliphatic carbocycles. The lowest BCUT2D eigenvalue weighted by atomic mass is 10.2. The van der Waals surface area contributed by atoms with Crippen molar-refractivity contribution in [3.8, 4) is 5.75 Å². The molecule has 0 atom stereocenters. The van der Waals surface area contributed by atoms with E-state index >= 15 is 0 Å². The van der Waals surface area contributed by atoms with Crippen LogP contribution < -0.4 is 15.6 Å². The number of phenols is 1. The fourth-order valence-electron chi connectivity index (χ4n) is 3.14. The van der Waals surface area contributed by atoms with Crippen molar-refractivity contribution in [2.45, 2.75) is 12.8 Å². The number of nitrogens with one attached hydrogen (secondary N) is 2. The molecule has 1 aromatic heterocycles. The van der Waals surface area contributed by atoms with Crippen LogP contribution in [0.25, 0.3) is 0 Å². The standard InChI is InChI=1S/C20H20N8O3/c29-17-14(7-6-10-16(17)28(30)31)13-21-26-19-23-18(22-15-8-2-1-3-9-15)24-20(25-19)27-11-4-5-12-27/h1-3,6-10,13,29H,4-5,11-12H2,(H2,22,23,24,25,26)/b21-13-. The Kier molecular flexibility index (Phi) is 5.83. The normalized spacial score (nSPS) is 13.5. The maximum absolute atomic E-state index is 11.0. The van der Waals surface area contributed by atoms with Gasteiger partial charge in [0.05, 0.1) is 11.1 Å². The molecule has 1 saturated heterocycles. The van der Waals surface area contributed by atoms with E-state index in [4.69, 9.17) is 0 Å². The Bertz CT molecular complexity index is 1100. The summed E-state index contributed by atoms with van der Waals surface area (Å²) in [5.41, 5.74) is 3.35. The van der Waals surface area contributed by atoms with Gasteiger partial charge < -0.3 is 15.3 Å². The Balaban J connectivity index is 1.57. The minimum Gasteiger partial charge on any atom is -0.502 e. The molecular formula is C20H20N8O3. The van der Waals surface area contributed by atoms with Crippen LogP contribution in [-0.2, 0) is 0 Å². The smallest absolute Gasteiger partial charge is 0.311 e. The van der Waals surface area contributed by atoms with E-state index in [-0.39, 0.29) is 11.5 Å². The van der Waals surface area contributed by atoms with E-state index < -0.39 is 16.4 Å². The molecule has 0 unspecified atom stereocenters. The minimum atomic E-state index is -0.657. The fraction of sp³-hybridized carbons (Fsp3) is 0.200. The molecule has 3 N–H and O–H groups in total. The summed E-state index contributed by atoms with van der Waals surface area (Å²) < 4.78 is 0. The molecule has 31 heavy (non-hydrogen) atoms. The first-order valence-corrected chi connectivity index (χ1v) is 9.69. The van der Waals surface area contributed by atoms with Crippen molar-refractivity contribution in [3.63, 3.8) is 0 Å². The second kappa shape index (κ2) is 9.03. The van der Waals surface area contributed by atoms with E-state index in [1.54, 1.807) is 0 Å². The first kappa shape index (κ1) is 20.0. The highest BCUT2D eigenvalue weighted by molar-refractivity contribution is 5.85. The van der Waals surface area contributed by atoms with E-state index in [9.17, 15) is 15.2 Å². The number of benzene rings is 2. The van der Waals surface area contributed by atoms with Crippen LogP contribution in [0, 0.1) is 10.1 Å². The van der Waals surface area contributed by atoms with Gasteiger partial charge in [0.25, 0.3) is 0 Å². The van der Waals surface area contributed by atoms with Crippen LogP contribution >= 0.6 is 0 Å². The number of phenolic OH excluding ortho intramolecular Hbond substituents is 1. The molecule has 158 valence electrons. The third-order valence-corrected chi connectivity index (χ3v) is 4.65. The molecule has 3 aromatic rings. The van der Waals surface area contributed by atoms with Gasteiger partial charge in [-0.05, 0) is 31.0 Å². The van der Waals surface area contributed by atoms with Gasteiger partial charge in [-0.15, -0.1) is 0 Å². The summed E-state index contributed by atoms with van der Waals surface area (Å²) in [4.78, 5) is 25.7. The van der Waals surface area contributed by atoms with Gasteiger partial charge in [0.2, 0.25) is 23.6 Å². The number of aromatic hydroxyl groups is 1. The van der Waals surface area contributed by atoms with Crippen LogP contribution in [0.3, 0.4) is 0 Å². The van der Waals surface area contributed by atoms with E-state index in [1.165, 1.54) is 24.4 Å². The summed E-state index contributed by atoms with van der Waals surface area (Å²) in [6, 6.07) is 13.7. The zero-order valence-corrected chi connectivity index (χ0v) is 16.5. The molecule has 1 fully saturated rings. The highest BCUT2D eigenvalue weighted by Crippen LogP contribution is 2.28. The second-order valence-corrected chi connectivity index (χ2v) is 6.81. The fourth-order valence-corrected chi connectivity index (χ4v) is 3.14. The molecule has 4 rings (SSSR count). The van der Waals surface area contributed by atoms with Gasteiger partial charge in [-0.2, -0.15) is 20.1 Å². The van der Waals surface area contributed by atoms with Crippen molar-refractivity contribution >= 4 is 35.4 Å². The number of nitro benzene ring substituents is 1. The molecule has 0 saturated carbocycles. The predicted octanol–water partition coefficient (Wildman–Crippen LogP) is 3.28. The van der Waals surface area contributed by atoms with E-state index in [2.05, 4.69) is 35.7 Å². The number of hydrogen-bond acceptors (Lipinski definition) is 10. The van der Waals surface area contributed by atoms with Crippen molar-refractivity contribution in [2.75, 3.05) is 28.7 Å². The third kappa shape index (κ3) is 4.83. The lowest BCUT2D eigenvalue weighted by molar-refractivity contribution is -0.385. The van der Waals surface area contributed by atoms with Crippen molar-refractivity contribution in [1.82, 2.24) is 15.0 Å². The summed E-state index contributed by atoms with van der Waals surface area (Å²) in [5.74, 6) is 0.634. The molecule has 0 bridgehead atoms. The summed E-state index contributed by atoms with van der Waals surface area (Å²) in [5, 5.41) is 28.2. The van der Waals surface area contributed by atoms with Gasteiger partial charge in [0, 0.05) is 30.4 Å². The molecule has 2 heterocycles. The molecular weight excluding hydrogens is 400 g/mol. The summed E-state index contributed by atoms with van der Waals surface area (Å²) in [6.07, 6.45) is 3.41. The quantitative estimate of drug-likeness (QED) is 0.298. The molecule has 2 aromatic carbocycles. The minimum absolute atomic E-state index is 0.193. The zero-order chi connectivity index (χ0) is 21.6. The van der Waals surface area contributed by atoms with Crippen LogP contribution in [-0.4, -0.2) is 44.3 Å².